The van der Waals surface area contributed by atoms with Crippen molar-refractivity contribution in [3.8, 4) is 5.75 Å². The van der Waals surface area contributed by atoms with Crippen LogP contribution in [0.1, 0.15) is 12.5 Å². The van der Waals surface area contributed by atoms with Crippen LogP contribution in [0.15, 0.2) is 53.4 Å². The lowest BCUT2D eigenvalue weighted by Crippen LogP contribution is -2.50. The van der Waals surface area contributed by atoms with E-state index in [1.165, 1.54) is 4.31 Å². The van der Waals surface area contributed by atoms with E-state index in [0.717, 1.165) is 36.9 Å². The molecule has 3 rings (SSSR count). The largest absolute Gasteiger partial charge is 0.573 e. The molecule has 1 saturated heterocycles. The van der Waals surface area contributed by atoms with Crippen LogP contribution in [0.5, 0.6) is 5.75 Å². The third-order valence-corrected chi connectivity index (χ3v) is 7.15. The average Bonchev–Trinajstić information content (AvgIpc) is 2.82. The number of piperazine rings is 1. The van der Waals surface area contributed by atoms with Crippen molar-refractivity contribution in [2.75, 3.05) is 44.6 Å². The number of amidine groups is 1. The van der Waals surface area contributed by atoms with Gasteiger partial charge in [-0.25, -0.2) is 8.42 Å². The molecule has 0 amide bonds. The Morgan fingerprint density at radius 3 is 2.11 bits per heavy atom. The molecular formula is C23H30F3N5O6S. The van der Waals surface area contributed by atoms with Gasteiger partial charge in [-0.3, -0.25) is 15.1 Å². The lowest BCUT2D eigenvalue weighted by molar-refractivity contribution is -0.274. The Balaban J connectivity index is 0.00000118. The minimum absolute atomic E-state index is 0.0276. The highest BCUT2D eigenvalue weighted by molar-refractivity contribution is 7.89. The van der Waals surface area contributed by atoms with Crippen molar-refractivity contribution in [2.24, 2.45) is 5.73 Å². The number of rotatable bonds is 9. The molecule has 1 atom stereocenters. The minimum atomic E-state index is -4.85. The molecule has 6 N–H and O–H groups in total. The quantitative estimate of drug-likeness (QED) is 0.226. The number of β-amino-alcohol motifs (C(OH)–C–C–N with tert-alkyl or cyclic N) is 1. The molecule has 1 heterocycles. The maximum absolute atomic E-state index is 12.8. The first-order valence-electron chi connectivity index (χ1n) is 11.3. The average molecular weight is 562 g/mol. The second-order valence-electron chi connectivity index (χ2n) is 8.27. The van der Waals surface area contributed by atoms with Crippen LogP contribution < -0.4 is 15.8 Å². The number of nitrogens with zero attached hydrogens (tertiary/aromatic N) is 2. The summed E-state index contributed by atoms with van der Waals surface area (Å²) in [7, 11) is -3.86. The molecule has 1 aliphatic heterocycles. The summed E-state index contributed by atoms with van der Waals surface area (Å²) in [6.45, 7) is 2.89. The normalized spacial score (nSPS) is 15.6. The van der Waals surface area contributed by atoms with Crippen molar-refractivity contribution in [2.45, 2.75) is 24.3 Å². The van der Waals surface area contributed by atoms with E-state index in [1.807, 2.05) is 4.90 Å². The van der Waals surface area contributed by atoms with Gasteiger partial charge in [-0.15, -0.1) is 13.2 Å². The van der Waals surface area contributed by atoms with E-state index in [0.29, 0.717) is 25.2 Å². The lowest BCUT2D eigenvalue weighted by Gasteiger charge is -2.35. The zero-order valence-corrected chi connectivity index (χ0v) is 21.3. The monoisotopic (exact) mass is 561 g/mol. The van der Waals surface area contributed by atoms with Crippen LogP contribution >= 0.6 is 0 Å². The fourth-order valence-electron chi connectivity index (χ4n) is 3.48. The number of ether oxygens (including phenoxy) is 1. The number of carboxylic acids is 1. The molecule has 0 aliphatic carbocycles. The number of nitrogen functional groups attached to an aromatic ring is 1. The second-order valence-corrected chi connectivity index (χ2v) is 10.2. The standard InChI is InChI=1S/C21H26F3N5O4S.C2H4O2/c22-21(23,24)33-18-5-7-19(8-6-18)34(31,32)29-11-9-28(10-12-29)14-17(30)13-27-16-3-1-15(2-4-16)20(25)26;1-2(3)4/h1-8,17,27,30H,9-14H2,(H3,25,26);1H3,(H,3,4). The van der Waals surface area contributed by atoms with Gasteiger partial charge in [0.1, 0.15) is 11.6 Å². The summed E-state index contributed by atoms with van der Waals surface area (Å²) in [5.41, 5.74) is 6.79. The Bertz CT molecular complexity index is 1170. The molecule has 1 fully saturated rings. The molecule has 0 radical (unpaired) electrons. The van der Waals surface area contributed by atoms with E-state index >= 15 is 0 Å². The van der Waals surface area contributed by atoms with Crippen molar-refractivity contribution in [1.29, 1.82) is 5.41 Å². The van der Waals surface area contributed by atoms with E-state index in [9.17, 15) is 26.7 Å². The summed E-state index contributed by atoms with van der Waals surface area (Å²) in [6.07, 6.45) is -5.55. The number of benzene rings is 2. The van der Waals surface area contributed by atoms with Crippen LogP contribution in [0.3, 0.4) is 0 Å². The number of alkyl halides is 3. The van der Waals surface area contributed by atoms with Crippen LogP contribution in [-0.2, 0) is 14.8 Å². The van der Waals surface area contributed by atoms with Crippen LogP contribution in [0, 0.1) is 5.41 Å². The summed E-state index contributed by atoms with van der Waals surface area (Å²) in [4.78, 5) is 10.8. The van der Waals surface area contributed by atoms with Gasteiger partial charge in [0.25, 0.3) is 5.97 Å². The molecule has 2 aromatic carbocycles. The van der Waals surface area contributed by atoms with E-state index in [-0.39, 0.29) is 30.4 Å². The molecule has 15 heteroatoms. The van der Waals surface area contributed by atoms with Gasteiger partial charge in [0, 0.05) is 57.4 Å². The van der Waals surface area contributed by atoms with Gasteiger partial charge in [0.15, 0.2) is 0 Å². The Hall–Kier alpha value is -3.40. The summed E-state index contributed by atoms with van der Waals surface area (Å²) < 4.78 is 67.5. The molecule has 1 unspecified atom stereocenters. The van der Waals surface area contributed by atoms with E-state index in [4.69, 9.17) is 21.0 Å². The predicted octanol–water partition coefficient (Wildman–Crippen LogP) is 1.74. The molecular weight excluding hydrogens is 531 g/mol. The van der Waals surface area contributed by atoms with Gasteiger partial charge in [-0.05, 0) is 48.5 Å². The number of aliphatic carboxylic acids is 1. The van der Waals surface area contributed by atoms with Gasteiger partial charge >= 0.3 is 6.36 Å². The smallest absolute Gasteiger partial charge is 0.481 e. The fourth-order valence-corrected chi connectivity index (χ4v) is 4.90. The minimum Gasteiger partial charge on any atom is -0.481 e. The summed E-state index contributed by atoms with van der Waals surface area (Å²) in [5.74, 6) is -1.35. The molecule has 1 aliphatic rings. The third kappa shape index (κ3) is 10.2. The van der Waals surface area contributed by atoms with Gasteiger partial charge in [-0.1, -0.05) is 0 Å². The van der Waals surface area contributed by atoms with Crippen molar-refractivity contribution in [1.82, 2.24) is 9.21 Å². The zero-order chi connectivity index (χ0) is 28.5. The van der Waals surface area contributed by atoms with Gasteiger partial charge in [0.05, 0.1) is 11.0 Å². The first kappa shape index (κ1) is 30.8. The number of hydrogen-bond acceptors (Lipinski definition) is 8. The number of anilines is 1. The number of carboxylic acid groups (broad SMARTS) is 1. The maximum Gasteiger partial charge on any atom is 0.573 e. The highest BCUT2D eigenvalue weighted by atomic mass is 32.2. The molecule has 11 nitrogen and oxygen atoms in total. The van der Waals surface area contributed by atoms with Crippen LogP contribution in [0.25, 0.3) is 0 Å². The molecule has 0 spiro atoms. The van der Waals surface area contributed by atoms with Crippen LogP contribution in [0.4, 0.5) is 18.9 Å². The lowest BCUT2D eigenvalue weighted by atomic mass is 10.2. The fraction of sp³-hybridized carbons (Fsp3) is 0.391. The molecule has 38 heavy (non-hydrogen) atoms. The van der Waals surface area contributed by atoms with Crippen molar-refractivity contribution in [3.05, 3.63) is 54.1 Å². The number of nitrogens with one attached hydrogen (secondary N) is 2. The highest BCUT2D eigenvalue weighted by Gasteiger charge is 2.32. The number of nitrogens with two attached hydrogens (primary N) is 1. The SMILES string of the molecule is CC(=O)O.N=C(N)c1ccc(NCC(O)CN2CCN(S(=O)(=O)c3ccc(OC(F)(F)F)cc3)CC2)cc1. The second kappa shape index (κ2) is 13.4. The maximum atomic E-state index is 12.8. The summed E-state index contributed by atoms with van der Waals surface area (Å²) in [5, 5.41) is 28.2. The topological polar surface area (TPSA) is 169 Å². The number of halogens is 3. The number of carbonyl (C=O) groups is 1. The third-order valence-electron chi connectivity index (χ3n) is 5.23. The Kier molecular flexibility index (Phi) is 10.9. The van der Waals surface area contributed by atoms with E-state index in [1.54, 1.807) is 24.3 Å². The number of hydrogen-bond donors (Lipinski definition) is 5. The van der Waals surface area contributed by atoms with Crippen molar-refractivity contribution >= 4 is 27.5 Å². The van der Waals surface area contributed by atoms with Gasteiger partial charge < -0.3 is 26.0 Å². The highest BCUT2D eigenvalue weighted by Crippen LogP contribution is 2.25. The van der Waals surface area contributed by atoms with E-state index in [2.05, 4.69) is 10.1 Å². The predicted molar refractivity (Wildman–Crippen MR) is 134 cm³/mol. The van der Waals surface area contributed by atoms with Gasteiger partial charge in [0.2, 0.25) is 10.0 Å². The Morgan fingerprint density at radius 2 is 1.63 bits per heavy atom. The van der Waals surface area contributed by atoms with Crippen molar-refractivity contribution in [3.63, 3.8) is 0 Å². The first-order valence-corrected chi connectivity index (χ1v) is 12.8. The Labute approximate surface area is 218 Å². The van der Waals surface area contributed by atoms with Crippen LogP contribution in [0.2, 0.25) is 0 Å². The molecule has 0 aromatic heterocycles. The van der Waals surface area contributed by atoms with Crippen LogP contribution in [-0.4, -0.2) is 91.4 Å². The summed E-state index contributed by atoms with van der Waals surface area (Å²) >= 11 is 0. The molecule has 0 saturated carbocycles. The van der Waals surface area contributed by atoms with E-state index < -0.39 is 34.2 Å². The molecule has 210 valence electrons. The zero-order valence-electron chi connectivity index (χ0n) is 20.5. The first-order chi connectivity index (χ1) is 17.7. The van der Waals surface area contributed by atoms with Gasteiger partial charge in [-0.2, -0.15) is 4.31 Å². The number of aliphatic hydroxyl groups is 1. The Morgan fingerprint density at radius 1 is 1.11 bits per heavy atom. The summed E-state index contributed by atoms with van der Waals surface area (Å²) in [6, 6.07) is 11.0. The number of sulfonamides is 1. The molecule has 0 bridgehead atoms. The molecule has 2 aromatic rings. The van der Waals surface area contributed by atoms with Crippen molar-refractivity contribution < 1.29 is 41.3 Å². The number of aliphatic hydroxyl groups excluding tert-OH is 1.